The zero-order chi connectivity index (χ0) is 13.7. The molecule has 0 saturated heterocycles. The lowest BCUT2D eigenvalue weighted by Crippen LogP contribution is -2.30. The standard InChI is InChI=1S/C13H14F3N3/c14-11-3-1-10(2-4-11)12(13(15)16)18-6-8-19-7-5-17-9-19/h1-5,7,9,12-13,18H,6,8H2/t12-/m0/s1. The van der Waals surface area contributed by atoms with Gasteiger partial charge >= 0.3 is 0 Å². The molecule has 3 nitrogen and oxygen atoms in total. The Labute approximate surface area is 109 Å². The Morgan fingerprint density at radius 1 is 1.21 bits per heavy atom. The number of alkyl halides is 2. The van der Waals surface area contributed by atoms with Gasteiger partial charge in [-0.1, -0.05) is 12.1 Å². The van der Waals surface area contributed by atoms with Crippen LogP contribution in [-0.2, 0) is 6.54 Å². The molecule has 1 N–H and O–H groups in total. The van der Waals surface area contributed by atoms with Gasteiger partial charge in [0, 0.05) is 25.5 Å². The monoisotopic (exact) mass is 269 g/mol. The number of aromatic nitrogens is 2. The van der Waals surface area contributed by atoms with Gasteiger partial charge in [0.05, 0.1) is 12.4 Å². The van der Waals surface area contributed by atoms with Crippen LogP contribution in [0, 0.1) is 5.82 Å². The largest absolute Gasteiger partial charge is 0.336 e. The van der Waals surface area contributed by atoms with Crippen molar-refractivity contribution in [2.75, 3.05) is 6.54 Å². The molecule has 102 valence electrons. The van der Waals surface area contributed by atoms with Crippen LogP contribution in [0.5, 0.6) is 0 Å². The Balaban J connectivity index is 1.94. The second-order valence-electron chi connectivity index (χ2n) is 4.12. The quantitative estimate of drug-likeness (QED) is 0.873. The van der Waals surface area contributed by atoms with Gasteiger partial charge in [-0.05, 0) is 17.7 Å². The Morgan fingerprint density at radius 2 is 1.95 bits per heavy atom. The molecule has 0 fully saturated rings. The van der Waals surface area contributed by atoms with Gasteiger partial charge in [-0.3, -0.25) is 0 Å². The normalized spacial score (nSPS) is 12.8. The lowest BCUT2D eigenvalue weighted by atomic mass is 10.1. The lowest BCUT2D eigenvalue weighted by Gasteiger charge is -2.18. The molecule has 1 aromatic carbocycles. The van der Waals surface area contributed by atoms with E-state index < -0.39 is 18.3 Å². The third kappa shape index (κ3) is 3.82. The van der Waals surface area contributed by atoms with Crippen LogP contribution in [0.3, 0.4) is 0 Å². The summed E-state index contributed by atoms with van der Waals surface area (Å²) >= 11 is 0. The van der Waals surface area contributed by atoms with Gasteiger partial charge in [-0.15, -0.1) is 0 Å². The predicted molar refractivity (Wildman–Crippen MR) is 65.4 cm³/mol. The average molecular weight is 269 g/mol. The Kier molecular flexibility index (Phi) is 4.57. The first-order valence-electron chi connectivity index (χ1n) is 5.89. The Hall–Kier alpha value is -1.82. The zero-order valence-corrected chi connectivity index (χ0v) is 10.1. The summed E-state index contributed by atoms with van der Waals surface area (Å²) in [5.41, 5.74) is 0.377. The third-order valence-corrected chi connectivity index (χ3v) is 2.77. The number of rotatable bonds is 6. The number of hydrogen-bond donors (Lipinski definition) is 1. The molecule has 0 saturated carbocycles. The molecule has 19 heavy (non-hydrogen) atoms. The highest BCUT2D eigenvalue weighted by atomic mass is 19.3. The summed E-state index contributed by atoms with van der Waals surface area (Å²) < 4.78 is 40.5. The van der Waals surface area contributed by atoms with E-state index in [2.05, 4.69) is 10.3 Å². The molecule has 0 unspecified atom stereocenters. The van der Waals surface area contributed by atoms with E-state index in [9.17, 15) is 13.2 Å². The smallest absolute Gasteiger partial charge is 0.257 e. The number of halogens is 3. The first-order chi connectivity index (χ1) is 9.16. The Bertz CT molecular complexity index is 482. The van der Waals surface area contributed by atoms with Crippen molar-refractivity contribution in [3.05, 3.63) is 54.4 Å². The van der Waals surface area contributed by atoms with E-state index in [1.165, 1.54) is 24.3 Å². The van der Waals surface area contributed by atoms with Crippen LogP contribution in [0.1, 0.15) is 11.6 Å². The van der Waals surface area contributed by atoms with Crippen LogP contribution < -0.4 is 5.32 Å². The maximum absolute atomic E-state index is 13.0. The Morgan fingerprint density at radius 3 is 2.53 bits per heavy atom. The van der Waals surface area contributed by atoms with Crippen molar-refractivity contribution in [2.45, 2.75) is 19.0 Å². The number of nitrogens with one attached hydrogen (secondary N) is 1. The molecule has 0 bridgehead atoms. The van der Waals surface area contributed by atoms with Crippen LogP contribution in [0.2, 0.25) is 0 Å². The average Bonchev–Trinajstić information content (AvgIpc) is 2.89. The summed E-state index contributed by atoms with van der Waals surface area (Å²) in [6.07, 6.45) is 2.46. The van der Waals surface area contributed by atoms with E-state index in [0.717, 1.165) is 0 Å². The first-order valence-corrected chi connectivity index (χ1v) is 5.89. The summed E-state index contributed by atoms with van der Waals surface area (Å²) in [7, 11) is 0. The molecular formula is C13H14F3N3. The van der Waals surface area contributed by atoms with Crippen molar-refractivity contribution < 1.29 is 13.2 Å². The fourth-order valence-electron chi connectivity index (χ4n) is 1.79. The SMILES string of the molecule is Fc1ccc([C@H](NCCn2ccnc2)C(F)F)cc1. The van der Waals surface area contributed by atoms with Crippen molar-refractivity contribution in [3.8, 4) is 0 Å². The van der Waals surface area contributed by atoms with E-state index in [1.807, 2.05) is 0 Å². The maximum atomic E-state index is 13.0. The van der Waals surface area contributed by atoms with Gasteiger partial charge in [-0.25, -0.2) is 18.2 Å². The highest BCUT2D eigenvalue weighted by molar-refractivity contribution is 5.20. The van der Waals surface area contributed by atoms with E-state index in [-0.39, 0.29) is 0 Å². The van der Waals surface area contributed by atoms with Crippen LogP contribution in [0.25, 0.3) is 0 Å². The molecule has 0 radical (unpaired) electrons. The fraction of sp³-hybridized carbons (Fsp3) is 0.308. The van der Waals surface area contributed by atoms with Crippen molar-refractivity contribution in [1.82, 2.24) is 14.9 Å². The summed E-state index contributed by atoms with van der Waals surface area (Å²) in [6.45, 7) is 0.924. The van der Waals surface area contributed by atoms with Crippen molar-refractivity contribution in [2.24, 2.45) is 0 Å². The van der Waals surface area contributed by atoms with Crippen LogP contribution in [0.15, 0.2) is 43.0 Å². The van der Waals surface area contributed by atoms with Gasteiger partial charge in [0.2, 0.25) is 0 Å². The number of imidazole rings is 1. The molecule has 2 rings (SSSR count). The second kappa shape index (κ2) is 6.38. The first kappa shape index (κ1) is 13.6. The summed E-state index contributed by atoms with van der Waals surface area (Å²) in [4.78, 5) is 3.87. The molecule has 0 spiro atoms. The predicted octanol–water partition coefficient (Wildman–Crippen LogP) is 2.62. The van der Waals surface area contributed by atoms with Crippen LogP contribution >= 0.6 is 0 Å². The maximum Gasteiger partial charge on any atom is 0.257 e. The molecule has 1 atom stereocenters. The summed E-state index contributed by atoms with van der Waals surface area (Å²) in [5, 5.41) is 2.77. The molecule has 6 heteroatoms. The van der Waals surface area contributed by atoms with Gasteiger partial charge in [0.25, 0.3) is 6.43 Å². The van der Waals surface area contributed by atoms with E-state index >= 15 is 0 Å². The summed E-state index contributed by atoms with van der Waals surface area (Å²) in [6, 6.07) is 4.01. The van der Waals surface area contributed by atoms with Gasteiger partial charge in [-0.2, -0.15) is 0 Å². The number of benzene rings is 1. The number of nitrogens with zero attached hydrogens (tertiary/aromatic N) is 2. The van der Waals surface area contributed by atoms with E-state index in [4.69, 9.17) is 0 Å². The van der Waals surface area contributed by atoms with Crippen molar-refractivity contribution in [3.63, 3.8) is 0 Å². The zero-order valence-electron chi connectivity index (χ0n) is 10.1. The van der Waals surface area contributed by atoms with Crippen molar-refractivity contribution >= 4 is 0 Å². The van der Waals surface area contributed by atoms with Gasteiger partial charge in [0.15, 0.2) is 0 Å². The molecule has 2 aromatic rings. The molecule has 1 aromatic heterocycles. The minimum Gasteiger partial charge on any atom is -0.336 e. The van der Waals surface area contributed by atoms with Gasteiger partial charge in [0.1, 0.15) is 5.82 Å². The highest BCUT2D eigenvalue weighted by Crippen LogP contribution is 2.20. The molecule has 0 amide bonds. The van der Waals surface area contributed by atoms with E-state index in [1.54, 1.807) is 23.3 Å². The van der Waals surface area contributed by atoms with Crippen LogP contribution in [0.4, 0.5) is 13.2 Å². The topological polar surface area (TPSA) is 29.9 Å². The highest BCUT2D eigenvalue weighted by Gasteiger charge is 2.21. The third-order valence-electron chi connectivity index (χ3n) is 2.77. The van der Waals surface area contributed by atoms with Crippen LogP contribution in [-0.4, -0.2) is 22.5 Å². The number of hydrogen-bond acceptors (Lipinski definition) is 2. The fourth-order valence-corrected chi connectivity index (χ4v) is 1.79. The molecule has 1 heterocycles. The molecular weight excluding hydrogens is 255 g/mol. The van der Waals surface area contributed by atoms with Gasteiger partial charge < -0.3 is 9.88 Å². The minimum atomic E-state index is -2.55. The molecule has 0 aliphatic heterocycles. The lowest BCUT2D eigenvalue weighted by molar-refractivity contribution is 0.0979. The molecule has 0 aliphatic carbocycles. The molecule has 0 aliphatic rings. The van der Waals surface area contributed by atoms with Crippen molar-refractivity contribution in [1.29, 1.82) is 0 Å². The minimum absolute atomic E-state index is 0.377. The summed E-state index contributed by atoms with van der Waals surface area (Å²) in [5.74, 6) is -0.435. The van der Waals surface area contributed by atoms with E-state index in [0.29, 0.717) is 18.7 Å². The second-order valence-corrected chi connectivity index (χ2v) is 4.12.